The van der Waals surface area contributed by atoms with Crippen molar-refractivity contribution in [3.63, 3.8) is 0 Å². The molecule has 1 saturated heterocycles. The molecule has 1 aromatic heterocycles. The van der Waals surface area contributed by atoms with E-state index in [0.29, 0.717) is 24.0 Å². The van der Waals surface area contributed by atoms with Crippen LogP contribution in [0.25, 0.3) is 0 Å². The van der Waals surface area contributed by atoms with Gasteiger partial charge in [-0.3, -0.25) is 9.89 Å². The Morgan fingerprint density at radius 1 is 1.76 bits per heavy atom. The van der Waals surface area contributed by atoms with Gasteiger partial charge in [-0.15, -0.1) is 0 Å². The Labute approximate surface area is 99.9 Å². The highest BCUT2D eigenvalue weighted by Crippen LogP contribution is 2.22. The smallest absolute Gasteiger partial charge is 0.269 e. The highest BCUT2D eigenvalue weighted by molar-refractivity contribution is 5.92. The van der Waals surface area contributed by atoms with Crippen LogP contribution >= 0.6 is 0 Å². The molecule has 0 saturated carbocycles. The number of carbonyl (C=O) groups is 1. The van der Waals surface area contributed by atoms with Crippen LogP contribution in [0.2, 0.25) is 0 Å². The minimum absolute atomic E-state index is 0.170. The Hall–Kier alpha value is -1.56. The number of H-pyrrole nitrogens is 1. The number of aromatic nitrogens is 2. The zero-order valence-electron chi connectivity index (χ0n) is 9.90. The van der Waals surface area contributed by atoms with E-state index in [1.807, 2.05) is 0 Å². The summed E-state index contributed by atoms with van der Waals surface area (Å²) >= 11 is 0. The summed E-state index contributed by atoms with van der Waals surface area (Å²) in [6.07, 6.45) is 2.25. The Kier molecular flexibility index (Phi) is 3.63. The Bertz CT molecular complexity index is 391. The minimum Gasteiger partial charge on any atom is -0.382 e. The second-order valence-electron chi connectivity index (χ2n) is 4.28. The quantitative estimate of drug-likeness (QED) is 0.713. The number of nitrogen functional groups attached to an aromatic ring is 1. The SMILES string of the molecule is CCC1OCCC1CNC(=O)c1cc(N)n[nH]1. The van der Waals surface area contributed by atoms with Gasteiger partial charge < -0.3 is 15.8 Å². The van der Waals surface area contributed by atoms with Crippen molar-refractivity contribution in [1.29, 1.82) is 0 Å². The van der Waals surface area contributed by atoms with E-state index in [2.05, 4.69) is 22.4 Å². The number of rotatable bonds is 4. The molecule has 6 nitrogen and oxygen atoms in total. The number of nitrogens with two attached hydrogens (primary N) is 1. The van der Waals surface area contributed by atoms with Crippen molar-refractivity contribution in [2.75, 3.05) is 18.9 Å². The molecule has 1 aliphatic heterocycles. The molecule has 2 atom stereocenters. The number of aromatic amines is 1. The maximum Gasteiger partial charge on any atom is 0.269 e. The van der Waals surface area contributed by atoms with Crippen LogP contribution < -0.4 is 11.1 Å². The van der Waals surface area contributed by atoms with Crippen LogP contribution in [0.15, 0.2) is 6.07 Å². The zero-order valence-corrected chi connectivity index (χ0v) is 9.90. The number of nitrogens with zero attached hydrogens (tertiary/aromatic N) is 1. The largest absolute Gasteiger partial charge is 0.382 e. The van der Waals surface area contributed by atoms with Gasteiger partial charge in [0.05, 0.1) is 6.10 Å². The third kappa shape index (κ3) is 2.76. The molecule has 94 valence electrons. The molecular weight excluding hydrogens is 220 g/mol. The highest BCUT2D eigenvalue weighted by Gasteiger charge is 2.27. The van der Waals surface area contributed by atoms with Gasteiger partial charge >= 0.3 is 0 Å². The fourth-order valence-corrected chi connectivity index (χ4v) is 2.15. The van der Waals surface area contributed by atoms with Crippen molar-refractivity contribution in [3.8, 4) is 0 Å². The summed E-state index contributed by atoms with van der Waals surface area (Å²) in [5.74, 6) is 0.561. The molecule has 17 heavy (non-hydrogen) atoms. The van der Waals surface area contributed by atoms with E-state index in [-0.39, 0.29) is 12.0 Å². The zero-order chi connectivity index (χ0) is 12.3. The third-order valence-electron chi connectivity index (χ3n) is 3.12. The molecule has 0 bridgehead atoms. The molecule has 4 N–H and O–H groups in total. The Morgan fingerprint density at radius 2 is 2.59 bits per heavy atom. The fraction of sp³-hybridized carbons (Fsp3) is 0.636. The molecule has 6 heteroatoms. The summed E-state index contributed by atoms with van der Waals surface area (Å²) in [7, 11) is 0. The van der Waals surface area contributed by atoms with Crippen molar-refractivity contribution in [3.05, 3.63) is 11.8 Å². The fourth-order valence-electron chi connectivity index (χ4n) is 2.15. The number of amides is 1. The van der Waals surface area contributed by atoms with Gasteiger partial charge in [-0.25, -0.2) is 0 Å². The number of hydrogen-bond acceptors (Lipinski definition) is 4. The van der Waals surface area contributed by atoms with Crippen LogP contribution in [-0.2, 0) is 4.74 Å². The number of hydrogen-bond donors (Lipinski definition) is 3. The first kappa shape index (κ1) is 11.9. The Balaban J connectivity index is 1.84. The summed E-state index contributed by atoms with van der Waals surface area (Å²) in [5, 5.41) is 9.18. The van der Waals surface area contributed by atoms with Gasteiger partial charge in [-0.1, -0.05) is 6.92 Å². The van der Waals surface area contributed by atoms with Gasteiger partial charge in [0.2, 0.25) is 0 Å². The van der Waals surface area contributed by atoms with Gasteiger partial charge in [-0.05, 0) is 12.8 Å². The summed E-state index contributed by atoms with van der Waals surface area (Å²) in [6, 6.07) is 1.53. The maximum atomic E-state index is 11.7. The van der Waals surface area contributed by atoms with Crippen molar-refractivity contribution < 1.29 is 9.53 Å². The van der Waals surface area contributed by atoms with E-state index in [1.54, 1.807) is 0 Å². The van der Waals surface area contributed by atoms with Crippen LogP contribution in [0.3, 0.4) is 0 Å². The normalized spacial score (nSPS) is 23.8. The second-order valence-corrected chi connectivity index (χ2v) is 4.28. The minimum atomic E-state index is -0.170. The van der Waals surface area contributed by atoms with Gasteiger partial charge in [0.1, 0.15) is 11.5 Å². The summed E-state index contributed by atoms with van der Waals surface area (Å²) in [4.78, 5) is 11.7. The Morgan fingerprint density at radius 3 is 3.24 bits per heavy atom. The van der Waals surface area contributed by atoms with Crippen LogP contribution in [0.5, 0.6) is 0 Å². The predicted molar refractivity (Wildman–Crippen MR) is 63.5 cm³/mol. The monoisotopic (exact) mass is 238 g/mol. The van der Waals surface area contributed by atoms with Gasteiger partial charge in [0.15, 0.2) is 0 Å². The van der Waals surface area contributed by atoms with E-state index in [0.717, 1.165) is 19.4 Å². The van der Waals surface area contributed by atoms with E-state index in [1.165, 1.54) is 6.07 Å². The van der Waals surface area contributed by atoms with Gasteiger partial charge in [0, 0.05) is 25.1 Å². The number of nitrogens with one attached hydrogen (secondary N) is 2. The molecule has 1 fully saturated rings. The molecule has 0 radical (unpaired) electrons. The third-order valence-corrected chi connectivity index (χ3v) is 3.12. The molecular formula is C11H18N4O2. The van der Waals surface area contributed by atoms with Crippen molar-refractivity contribution in [2.45, 2.75) is 25.9 Å². The first-order chi connectivity index (χ1) is 8.20. The van der Waals surface area contributed by atoms with Crippen LogP contribution in [0, 0.1) is 5.92 Å². The van der Waals surface area contributed by atoms with Gasteiger partial charge in [0.25, 0.3) is 5.91 Å². The van der Waals surface area contributed by atoms with E-state index in [4.69, 9.17) is 10.5 Å². The number of ether oxygens (including phenoxy) is 1. The molecule has 1 aliphatic rings. The molecule has 2 unspecified atom stereocenters. The lowest BCUT2D eigenvalue weighted by Gasteiger charge is -2.16. The lowest BCUT2D eigenvalue weighted by Crippen LogP contribution is -2.32. The average Bonchev–Trinajstić information content (AvgIpc) is 2.94. The predicted octanol–water partition coefficient (Wildman–Crippen LogP) is 0.537. The number of carbonyl (C=O) groups excluding carboxylic acids is 1. The van der Waals surface area contributed by atoms with Crippen LogP contribution in [0.4, 0.5) is 5.82 Å². The maximum absolute atomic E-state index is 11.7. The molecule has 2 rings (SSSR count). The second kappa shape index (κ2) is 5.18. The summed E-state index contributed by atoms with van der Waals surface area (Å²) in [5.41, 5.74) is 5.83. The molecule has 1 aromatic rings. The number of anilines is 1. The lowest BCUT2D eigenvalue weighted by molar-refractivity contribution is 0.0825. The van der Waals surface area contributed by atoms with Crippen molar-refractivity contribution in [2.24, 2.45) is 5.92 Å². The molecule has 0 aromatic carbocycles. The van der Waals surface area contributed by atoms with Crippen LogP contribution in [0.1, 0.15) is 30.3 Å². The molecule has 1 amide bonds. The van der Waals surface area contributed by atoms with Crippen LogP contribution in [-0.4, -0.2) is 35.4 Å². The van der Waals surface area contributed by atoms with Gasteiger partial charge in [-0.2, -0.15) is 5.10 Å². The average molecular weight is 238 g/mol. The first-order valence-corrected chi connectivity index (χ1v) is 5.91. The molecule has 0 aliphatic carbocycles. The molecule has 0 spiro atoms. The van der Waals surface area contributed by atoms with E-state index in [9.17, 15) is 4.79 Å². The topological polar surface area (TPSA) is 93.0 Å². The van der Waals surface area contributed by atoms with Crippen molar-refractivity contribution >= 4 is 11.7 Å². The van der Waals surface area contributed by atoms with Crippen molar-refractivity contribution in [1.82, 2.24) is 15.5 Å². The summed E-state index contributed by atoms with van der Waals surface area (Å²) < 4.78 is 5.57. The first-order valence-electron chi connectivity index (χ1n) is 5.91. The highest BCUT2D eigenvalue weighted by atomic mass is 16.5. The lowest BCUT2D eigenvalue weighted by atomic mass is 10.00. The van der Waals surface area contributed by atoms with E-state index >= 15 is 0 Å². The van der Waals surface area contributed by atoms with E-state index < -0.39 is 0 Å². The molecule has 2 heterocycles. The standard InChI is InChI=1S/C11H18N4O2/c1-2-9-7(3-4-17-9)6-13-11(16)8-5-10(12)15-14-8/h5,7,9H,2-4,6H2,1H3,(H,13,16)(H3,12,14,15). The summed E-state index contributed by atoms with van der Waals surface area (Å²) in [6.45, 7) is 3.52.